The minimum atomic E-state index is -3.91. The molecule has 1 atom stereocenters. The van der Waals surface area contributed by atoms with Crippen LogP contribution in [0.15, 0.2) is 11.1 Å². The zero-order valence-corrected chi connectivity index (χ0v) is 10.2. The zero-order chi connectivity index (χ0) is 13.3. The quantitative estimate of drug-likeness (QED) is 0.574. The maximum atomic E-state index is 12.3. The van der Waals surface area contributed by atoms with E-state index in [0.717, 1.165) is 10.5 Å². The van der Waals surface area contributed by atoms with Crippen molar-refractivity contribution >= 4 is 21.7 Å². The molecule has 100 valence electrons. The first-order valence-corrected chi connectivity index (χ1v) is 6.56. The number of H-pyrrole nitrogens is 1. The number of carbonyl (C=O) groups excluding carboxylic acids is 1. The van der Waals surface area contributed by atoms with E-state index >= 15 is 0 Å². The minimum absolute atomic E-state index is 0.0422. The van der Waals surface area contributed by atoms with Gasteiger partial charge in [-0.1, -0.05) is 0 Å². The fourth-order valence-electron chi connectivity index (χ4n) is 1.72. The summed E-state index contributed by atoms with van der Waals surface area (Å²) in [6.45, 7) is 0.174. The van der Waals surface area contributed by atoms with Crippen LogP contribution < -0.4 is 11.5 Å². The van der Waals surface area contributed by atoms with Crippen molar-refractivity contribution in [3.63, 3.8) is 0 Å². The van der Waals surface area contributed by atoms with E-state index in [-0.39, 0.29) is 30.5 Å². The number of primary amides is 1. The highest BCUT2D eigenvalue weighted by Crippen LogP contribution is 2.23. The van der Waals surface area contributed by atoms with E-state index in [0.29, 0.717) is 0 Å². The van der Waals surface area contributed by atoms with Gasteiger partial charge in [0.05, 0.1) is 19.4 Å². The topological polar surface area (TPSA) is 144 Å². The highest BCUT2D eigenvalue weighted by molar-refractivity contribution is 7.89. The molecule has 9 nitrogen and oxygen atoms in total. The van der Waals surface area contributed by atoms with Crippen molar-refractivity contribution in [3.05, 3.63) is 6.20 Å². The van der Waals surface area contributed by atoms with Crippen molar-refractivity contribution < 1.29 is 17.9 Å². The number of carbonyl (C=O) groups is 1. The Morgan fingerprint density at radius 2 is 2.33 bits per heavy atom. The Bertz CT molecular complexity index is 554. The molecule has 2 heterocycles. The third-order valence-electron chi connectivity index (χ3n) is 2.63. The number of aromatic nitrogens is 2. The number of hydrogen-bond donors (Lipinski definition) is 3. The normalized spacial score (nSPS) is 21.9. The molecule has 0 bridgehead atoms. The molecule has 1 aromatic heterocycles. The summed E-state index contributed by atoms with van der Waals surface area (Å²) in [7, 11) is -3.91. The molecule has 5 N–H and O–H groups in total. The molecule has 0 aliphatic carbocycles. The van der Waals surface area contributed by atoms with Gasteiger partial charge in [-0.3, -0.25) is 9.89 Å². The molecule has 0 radical (unpaired) electrons. The number of nitrogens with one attached hydrogen (secondary N) is 1. The van der Waals surface area contributed by atoms with Crippen LogP contribution in [0.1, 0.15) is 0 Å². The highest BCUT2D eigenvalue weighted by atomic mass is 32.2. The lowest BCUT2D eigenvalue weighted by Gasteiger charge is -2.32. The van der Waals surface area contributed by atoms with Crippen molar-refractivity contribution in [1.82, 2.24) is 14.5 Å². The Morgan fingerprint density at radius 1 is 1.61 bits per heavy atom. The van der Waals surface area contributed by atoms with E-state index < -0.39 is 22.0 Å². The lowest BCUT2D eigenvalue weighted by atomic mass is 10.3. The molecule has 1 saturated heterocycles. The number of hydrogen-bond acceptors (Lipinski definition) is 6. The van der Waals surface area contributed by atoms with Crippen LogP contribution in [-0.4, -0.2) is 54.6 Å². The number of anilines is 1. The van der Waals surface area contributed by atoms with Crippen LogP contribution in [0, 0.1) is 0 Å². The van der Waals surface area contributed by atoms with E-state index in [1.54, 1.807) is 0 Å². The lowest BCUT2D eigenvalue weighted by molar-refractivity contribution is -0.125. The second kappa shape index (κ2) is 4.55. The Balaban J connectivity index is 2.39. The first-order valence-electron chi connectivity index (χ1n) is 5.12. The maximum Gasteiger partial charge on any atom is 0.249 e. The molecule has 18 heavy (non-hydrogen) atoms. The largest absolute Gasteiger partial charge is 0.383 e. The fourth-order valence-corrected chi connectivity index (χ4v) is 3.29. The number of nitrogens with two attached hydrogens (primary N) is 2. The number of nitrogens with zero attached hydrogens (tertiary/aromatic N) is 2. The van der Waals surface area contributed by atoms with Gasteiger partial charge in [0.15, 0.2) is 0 Å². The molecule has 1 aliphatic heterocycles. The van der Waals surface area contributed by atoms with Crippen molar-refractivity contribution in [1.29, 1.82) is 0 Å². The van der Waals surface area contributed by atoms with E-state index in [4.69, 9.17) is 16.2 Å². The predicted octanol–water partition coefficient (Wildman–Crippen LogP) is -2.13. The number of sulfonamides is 1. The van der Waals surface area contributed by atoms with Crippen LogP contribution in [0.2, 0.25) is 0 Å². The van der Waals surface area contributed by atoms with E-state index in [1.165, 1.54) is 0 Å². The van der Waals surface area contributed by atoms with Crippen LogP contribution in [-0.2, 0) is 19.6 Å². The second-order valence-electron chi connectivity index (χ2n) is 3.76. The smallest absolute Gasteiger partial charge is 0.249 e. The number of rotatable bonds is 3. The minimum Gasteiger partial charge on any atom is -0.383 e. The molecule has 1 unspecified atom stereocenters. The molecule has 2 rings (SSSR count). The highest BCUT2D eigenvalue weighted by Gasteiger charge is 2.38. The average Bonchev–Trinajstić information content (AvgIpc) is 2.76. The summed E-state index contributed by atoms with van der Waals surface area (Å²) in [6.07, 6.45) is 1.10. The lowest BCUT2D eigenvalue weighted by Crippen LogP contribution is -2.54. The van der Waals surface area contributed by atoms with Gasteiger partial charge in [-0.15, -0.1) is 0 Å². The van der Waals surface area contributed by atoms with Crippen LogP contribution in [0.3, 0.4) is 0 Å². The summed E-state index contributed by atoms with van der Waals surface area (Å²) in [4.78, 5) is 11.1. The first-order chi connectivity index (χ1) is 8.44. The van der Waals surface area contributed by atoms with E-state index in [1.807, 2.05) is 0 Å². The molecule has 0 saturated carbocycles. The summed E-state index contributed by atoms with van der Waals surface area (Å²) in [5, 5.41) is 5.88. The van der Waals surface area contributed by atoms with Gasteiger partial charge in [-0.25, -0.2) is 8.42 Å². The van der Waals surface area contributed by atoms with Crippen molar-refractivity contribution in [3.8, 4) is 0 Å². The van der Waals surface area contributed by atoms with Crippen molar-refractivity contribution in [2.45, 2.75) is 10.9 Å². The monoisotopic (exact) mass is 275 g/mol. The van der Waals surface area contributed by atoms with Gasteiger partial charge >= 0.3 is 0 Å². The number of aromatic amines is 1. The number of ether oxygens (including phenoxy) is 1. The first kappa shape index (κ1) is 12.8. The molecule has 0 aromatic carbocycles. The third-order valence-corrected chi connectivity index (χ3v) is 4.56. The van der Waals surface area contributed by atoms with Crippen LogP contribution in [0.5, 0.6) is 0 Å². The van der Waals surface area contributed by atoms with Crippen molar-refractivity contribution in [2.24, 2.45) is 5.73 Å². The van der Waals surface area contributed by atoms with Crippen LogP contribution >= 0.6 is 0 Å². The second-order valence-corrected chi connectivity index (χ2v) is 5.62. The molecule has 0 spiro atoms. The van der Waals surface area contributed by atoms with E-state index in [2.05, 4.69) is 10.2 Å². The molecule has 1 aromatic rings. The van der Waals surface area contributed by atoms with Gasteiger partial charge in [-0.2, -0.15) is 9.40 Å². The standard InChI is InChI=1S/C8H13N5O4S/c9-7-6(3-11-12-7)18(15,16)13-1-2-17-4-5(13)8(10)14/h3,5H,1-2,4H2,(H2,10,14)(H3,9,11,12). The van der Waals surface area contributed by atoms with Gasteiger partial charge in [0.2, 0.25) is 15.9 Å². The fraction of sp³-hybridized carbons (Fsp3) is 0.500. The van der Waals surface area contributed by atoms with Crippen LogP contribution in [0.4, 0.5) is 5.82 Å². The predicted molar refractivity (Wildman–Crippen MR) is 60.7 cm³/mol. The zero-order valence-electron chi connectivity index (χ0n) is 9.37. The van der Waals surface area contributed by atoms with Crippen LogP contribution in [0.25, 0.3) is 0 Å². The number of morpholine rings is 1. The maximum absolute atomic E-state index is 12.3. The number of amides is 1. The van der Waals surface area contributed by atoms with Crippen molar-refractivity contribution in [2.75, 3.05) is 25.5 Å². The van der Waals surface area contributed by atoms with E-state index in [9.17, 15) is 13.2 Å². The summed E-state index contributed by atoms with van der Waals surface area (Å²) >= 11 is 0. The molecule has 1 fully saturated rings. The summed E-state index contributed by atoms with van der Waals surface area (Å²) in [5.41, 5.74) is 10.6. The summed E-state index contributed by atoms with van der Waals surface area (Å²) in [6, 6.07) is -1.03. The summed E-state index contributed by atoms with van der Waals surface area (Å²) < 4.78 is 30.7. The summed E-state index contributed by atoms with van der Waals surface area (Å²) in [5.74, 6) is -0.843. The molecule has 1 aliphatic rings. The third kappa shape index (κ3) is 2.05. The van der Waals surface area contributed by atoms with Gasteiger partial charge in [0.1, 0.15) is 16.8 Å². The van der Waals surface area contributed by atoms with Gasteiger partial charge in [0, 0.05) is 6.54 Å². The van der Waals surface area contributed by atoms with Gasteiger partial charge in [0.25, 0.3) is 0 Å². The number of nitrogen functional groups attached to an aromatic ring is 1. The Hall–Kier alpha value is -1.65. The molecular formula is C8H13N5O4S. The Kier molecular flexibility index (Phi) is 3.24. The van der Waals surface area contributed by atoms with Gasteiger partial charge in [-0.05, 0) is 0 Å². The Morgan fingerprint density at radius 3 is 2.89 bits per heavy atom. The average molecular weight is 275 g/mol. The molecule has 1 amide bonds. The van der Waals surface area contributed by atoms with Gasteiger partial charge < -0.3 is 16.2 Å². The molecule has 10 heteroatoms. The molecular weight excluding hydrogens is 262 g/mol. The Labute approximate surface area is 103 Å². The SMILES string of the molecule is NC(=O)C1COCCN1S(=O)(=O)c1cn[nH]c1N.